The van der Waals surface area contributed by atoms with Crippen LogP contribution in [-0.2, 0) is 22.4 Å². The molecule has 0 radical (unpaired) electrons. The summed E-state index contributed by atoms with van der Waals surface area (Å²) in [7, 11) is 0. The molecule has 4 heterocycles. The average Bonchev–Trinajstić information content (AvgIpc) is 3.39. The molecule has 2 aromatic heterocycles. The molecular formula is C23H25FN6O4. The molecule has 10 nitrogen and oxygen atoms in total. The van der Waals surface area contributed by atoms with Gasteiger partial charge in [0, 0.05) is 17.8 Å². The Morgan fingerprint density at radius 1 is 1.15 bits per heavy atom. The van der Waals surface area contributed by atoms with Crippen molar-refractivity contribution in [1.82, 2.24) is 20.3 Å². The first-order chi connectivity index (χ1) is 16.4. The van der Waals surface area contributed by atoms with E-state index in [1.165, 1.54) is 17.3 Å². The van der Waals surface area contributed by atoms with E-state index in [0.29, 0.717) is 18.8 Å². The second-order valence-electron chi connectivity index (χ2n) is 9.55. The standard InChI is InChI=1S/C23H25FN6O4/c1-12-15-6-14(7-16(15)17(24)8-25-12)27-13-2-4-23(5-3-13)11-30(22(32)34-23)18-9-26-21-20(28-18)29-19(31)10-33-21/h8-9,13-14,27H,2-7,10-11H2,1H3,(H,28,29,31)/t13-,14?,23-. The van der Waals surface area contributed by atoms with Gasteiger partial charge in [0.15, 0.2) is 18.2 Å². The van der Waals surface area contributed by atoms with Gasteiger partial charge in [-0.2, -0.15) is 0 Å². The quantitative estimate of drug-likeness (QED) is 0.703. The molecule has 0 aromatic carbocycles. The number of halogens is 1. The van der Waals surface area contributed by atoms with Crippen molar-refractivity contribution in [1.29, 1.82) is 0 Å². The molecule has 2 fully saturated rings. The zero-order valence-electron chi connectivity index (χ0n) is 18.8. The first kappa shape index (κ1) is 21.2. The number of nitrogens with zero attached hydrogens (tertiary/aromatic N) is 4. The molecule has 178 valence electrons. The van der Waals surface area contributed by atoms with E-state index < -0.39 is 11.7 Å². The van der Waals surface area contributed by atoms with E-state index in [1.807, 2.05) is 6.92 Å². The molecule has 1 unspecified atom stereocenters. The maximum atomic E-state index is 14.2. The van der Waals surface area contributed by atoms with Crippen LogP contribution in [0.1, 0.15) is 42.5 Å². The van der Waals surface area contributed by atoms with Crippen molar-refractivity contribution in [2.75, 3.05) is 23.4 Å². The lowest BCUT2D eigenvalue weighted by molar-refractivity contribution is -0.118. The zero-order valence-corrected chi connectivity index (χ0v) is 18.8. The monoisotopic (exact) mass is 468 g/mol. The lowest BCUT2D eigenvalue weighted by Gasteiger charge is -2.36. The number of carbonyl (C=O) groups excluding carboxylic acids is 2. The highest BCUT2D eigenvalue weighted by molar-refractivity contribution is 5.94. The fourth-order valence-electron chi connectivity index (χ4n) is 5.54. The van der Waals surface area contributed by atoms with Crippen LogP contribution in [0.25, 0.3) is 0 Å². The van der Waals surface area contributed by atoms with E-state index >= 15 is 0 Å². The third kappa shape index (κ3) is 3.64. The van der Waals surface area contributed by atoms with Gasteiger partial charge in [-0.3, -0.25) is 14.7 Å². The Bertz CT molecular complexity index is 1150. The largest absolute Gasteiger partial charge is 0.465 e. The van der Waals surface area contributed by atoms with Crippen molar-refractivity contribution in [3.8, 4) is 5.88 Å². The van der Waals surface area contributed by atoms with Crippen molar-refractivity contribution in [2.45, 2.75) is 63.1 Å². The van der Waals surface area contributed by atoms with E-state index in [2.05, 4.69) is 25.6 Å². The molecule has 2 aliphatic carbocycles. The van der Waals surface area contributed by atoms with Gasteiger partial charge >= 0.3 is 6.09 Å². The number of aromatic nitrogens is 3. The minimum Gasteiger partial charge on any atom is -0.465 e. The first-order valence-electron chi connectivity index (χ1n) is 11.6. The Morgan fingerprint density at radius 3 is 2.74 bits per heavy atom. The normalized spacial score (nSPS) is 27.8. The highest BCUT2D eigenvalue weighted by Crippen LogP contribution is 2.39. The molecule has 1 saturated heterocycles. The smallest absolute Gasteiger partial charge is 0.416 e. The van der Waals surface area contributed by atoms with Crippen LogP contribution >= 0.6 is 0 Å². The number of fused-ring (bicyclic) bond motifs is 2. The number of anilines is 2. The lowest BCUT2D eigenvalue weighted by atomic mass is 9.81. The summed E-state index contributed by atoms with van der Waals surface area (Å²) in [5.74, 6) is 0.222. The predicted octanol–water partition coefficient (Wildman–Crippen LogP) is 2.05. The minimum atomic E-state index is -0.572. The minimum absolute atomic E-state index is 0.108. The molecule has 2 aromatic rings. The number of nitrogens with one attached hydrogen (secondary N) is 2. The predicted molar refractivity (Wildman–Crippen MR) is 118 cm³/mol. The number of ether oxygens (including phenoxy) is 2. The molecule has 11 heteroatoms. The van der Waals surface area contributed by atoms with Crippen LogP contribution in [0.2, 0.25) is 0 Å². The summed E-state index contributed by atoms with van der Waals surface area (Å²) in [6, 6.07) is 0.474. The Hall–Kier alpha value is -3.34. The van der Waals surface area contributed by atoms with Gasteiger partial charge in [0.2, 0.25) is 0 Å². The number of carbonyl (C=O) groups is 2. The van der Waals surface area contributed by atoms with E-state index in [0.717, 1.165) is 48.9 Å². The summed E-state index contributed by atoms with van der Waals surface area (Å²) >= 11 is 0. The molecule has 2 N–H and O–H groups in total. The maximum absolute atomic E-state index is 14.2. The summed E-state index contributed by atoms with van der Waals surface area (Å²) in [6.07, 6.45) is 6.92. The van der Waals surface area contributed by atoms with Crippen LogP contribution < -0.4 is 20.3 Å². The number of rotatable bonds is 3. The second-order valence-corrected chi connectivity index (χ2v) is 9.55. The first-order valence-corrected chi connectivity index (χ1v) is 11.6. The van der Waals surface area contributed by atoms with Gasteiger partial charge in [-0.05, 0) is 56.6 Å². The third-order valence-corrected chi connectivity index (χ3v) is 7.30. The summed E-state index contributed by atoms with van der Waals surface area (Å²) in [4.78, 5) is 38.4. The molecule has 2 amide bonds. The Morgan fingerprint density at radius 2 is 1.94 bits per heavy atom. The number of aryl methyl sites for hydroxylation is 1. The van der Waals surface area contributed by atoms with Crippen LogP contribution in [0, 0.1) is 12.7 Å². The summed E-state index contributed by atoms with van der Waals surface area (Å²) in [6.45, 7) is 2.20. The van der Waals surface area contributed by atoms with Crippen LogP contribution in [0.5, 0.6) is 5.88 Å². The van der Waals surface area contributed by atoms with Crippen LogP contribution in [0.4, 0.5) is 20.8 Å². The summed E-state index contributed by atoms with van der Waals surface area (Å²) in [5, 5.41) is 6.30. The number of hydrogen-bond acceptors (Lipinski definition) is 8. The van der Waals surface area contributed by atoms with Gasteiger partial charge in [0.1, 0.15) is 11.4 Å². The Kier molecular flexibility index (Phi) is 4.91. The van der Waals surface area contributed by atoms with Gasteiger partial charge in [-0.25, -0.2) is 19.2 Å². The Balaban J connectivity index is 1.09. The fourth-order valence-corrected chi connectivity index (χ4v) is 5.54. The summed E-state index contributed by atoms with van der Waals surface area (Å²) < 4.78 is 25.2. The molecule has 0 bridgehead atoms. The van der Waals surface area contributed by atoms with E-state index in [9.17, 15) is 14.0 Å². The van der Waals surface area contributed by atoms with E-state index in [-0.39, 0.29) is 42.1 Å². The molecular weight excluding hydrogens is 443 g/mol. The van der Waals surface area contributed by atoms with Crippen molar-refractivity contribution < 1.29 is 23.5 Å². The van der Waals surface area contributed by atoms with Gasteiger partial charge in [0.05, 0.1) is 18.9 Å². The average molecular weight is 468 g/mol. The molecule has 4 aliphatic rings. The van der Waals surface area contributed by atoms with Crippen molar-refractivity contribution >= 4 is 23.6 Å². The van der Waals surface area contributed by atoms with Crippen LogP contribution in [0.3, 0.4) is 0 Å². The second kappa shape index (κ2) is 7.86. The van der Waals surface area contributed by atoms with Gasteiger partial charge in [-0.1, -0.05) is 0 Å². The molecule has 1 spiro atoms. The maximum Gasteiger partial charge on any atom is 0.416 e. The molecule has 1 saturated carbocycles. The van der Waals surface area contributed by atoms with Crippen molar-refractivity contribution in [2.24, 2.45) is 0 Å². The Labute approximate surface area is 195 Å². The van der Waals surface area contributed by atoms with Crippen LogP contribution in [-0.4, -0.2) is 57.8 Å². The van der Waals surface area contributed by atoms with Crippen molar-refractivity contribution in [3.63, 3.8) is 0 Å². The van der Waals surface area contributed by atoms with Gasteiger partial charge in [-0.15, -0.1) is 0 Å². The number of hydrogen-bond donors (Lipinski definition) is 2. The van der Waals surface area contributed by atoms with E-state index in [4.69, 9.17) is 9.47 Å². The fraction of sp³-hybridized carbons (Fsp3) is 0.522. The summed E-state index contributed by atoms with van der Waals surface area (Å²) in [5.41, 5.74) is 2.14. The third-order valence-electron chi connectivity index (χ3n) is 7.30. The van der Waals surface area contributed by atoms with Gasteiger partial charge < -0.3 is 20.1 Å². The highest BCUT2D eigenvalue weighted by atomic mass is 19.1. The molecule has 1 atom stereocenters. The van der Waals surface area contributed by atoms with Gasteiger partial charge in [0.25, 0.3) is 11.8 Å². The highest BCUT2D eigenvalue weighted by Gasteiger charge is 2.48. The zero-order chi connectivity index (χ0) is 23.4. The number of pyridine rings is 1. The molecule has 2 aliphatic heterocycles. The SMILES string of the molecule is Cc1ncc(F)c2c1CC(N[C@H]1CC[C@]3(CC1)CN(c1cnc4c(n1)NC(=O)CO4)C(=O)O3)C2. The molecule has 34 heavy (non-hydrogen) atoms. The van der Waals surface area contributed by atoms with Crippen molar-refractivity contribution in [3.05, 3.63) is 35.0 Å². The number of amides is 2. The molecule has 6 rings (SSSR count). The topological polar surface area (TPSA) is 119 Å². The van der Waals surface area contributed by atoms with E-state index in [1.54, 1.807) is 0 Å². The lowest BCUT2D eigenvalue weighted by Crippen LogP contribution is -2.47. The van der Waals surface area contributed by atoms with Crippen LogP contribution in [0.15, 0.2) is 12.4 Å².